The number of benzene rings is 1. The van der Waals surface area contributed by atoms with Crippen LogP contribution < -0.4 is 0 Å². The Kier molecular flexibility index (Phi) is 4.90. The first-order chi connectivity index (χ1) is 12.9. The second-order valence-electron chi connectivity index (χ2n) is 7.32. The number of sulfonamides is 1. The lowest BCUT2D eigenvalue weighted by molar-refractivity contribution is 0.307. The number of rotatable bonds is 5. The summed E-state index contributed by atoms with van der Waals surface area (Å²) in [6.07, 6.45) is 5.86. The molecular formula is C19H23NO5S2. The molecule has 2 aliphatic rings. The summed E-state index contributed by atoms with van der Waals surface area (Å²) in [6, 6.07) is 8.16. The van der Waals surface area contributed by atoms with Gasteiger partial charge >= 0.3 is 0 Å². The molecule has 0 amide bonds. The highest BCUT2D eigenvalue weighted by atomic mass is 32.2. The van der Waals surface area contributed by atoms with Crippen LogP contribution in [0.2, 0.25) is 0 Å². The molecule has 1 aromatic heterocycles. The van der Waals surface area contributed by atoms with Gasteiger partial charge in [0.25, 0.3) is 0 Å². The van der Waals surface area contributed by atoms with Crippen LogP contribution in [0.15, 0.2) is 45.9 Å². The van der Waals surface area contributed by atoms with E-state index in [-0.39, 0.29) is 22.9 Å². The Morgan fingerprint density at radius 3 is 2.56 bits per heavy atom. The predicted molar refractivity (Wildman–Crippen MR) is 102 cm³/mol. The largest absolute Gasteiger partial charge is 0.468 e. The molecule has 0 saturated carbocycles. The molecule has 2 heterocycles. The second-order valence-corrected chi connectivity index (χ2v) is 11.4. The van der Waals surface area contributed by atoms with Gasteiger partial charge in [0.2, 0.25) is 10.0 Å². The summed E-state index contributed by atoms with van der Waals surface area (Å²) in [5.41, 5.74) is 2.29. The molecule has 27 heavy (non-hydrogen) atoms. The minimum Gasteiger partial charge on any atom is -0.468 e. The minimum absolute atomic E-state index is 0.0199. The first-order valence-corrected chi connectivity index (χ1v) is 12.5. The molecular weight excluding hydrogens is 386 g/mol. The Morgan fingerprint density at radius 2 is 1.89 bits per heavy atom. The maximum atomic E-state index is 13.4. The number of hydrogen-bond acceptors (Lipinski definition) is 5. The predicted octanol–water partition coefficient (Wildman–Crippen LogP) is 2.54. The van der Waals surface area contributed by atoms with Crippen molar-refractivity contribution in [1.29, 1.82) is 0 Å². The van der Waals surface area contributed by atoms with E-state index in [1.807, 2.05) is 6.07 Å². The Balaban J connectivity index is 1.71. The van der Waals surface area contributed by atoms with E-state index in [2.05, 4.69) is 0 Å². The van der Waals surface area contributed by atoms with Gasteiger partial charge in [0.1, 0.15) is 5.76 Å². The van der Waals surface area contributed by atoms with Gasteiger partial charge in [0.15, 0.2) is 9.84 Å². The van der Waals surface area contributed by atoms with Crippen molar-refractivity contribution < 1.29 is 21.3 Å². The summed E-state index contributed by atoms with van der Waals surface area (Å²) in [7, 11) is -7.05. The highest BCUT2D eigenvalue weighted by Gasteiger charge is 2.39. The third kappa shape index (κ3) is 3.83. The molecule has 0 N–H and O–H groups in total. The molecule has 1 atom stereocenters. The highest BCUT2D eigenvalue weighted by molar-refractivity contribution is 7.92. The summed E-state index contributed by atoms with van der Waals surface area (Å²) in [6.45, 7) is 0.0343. The van der Waals surface area contributed by atoms with E-state index in [0.29, 0.717) is 12.2 Å². The molecule has 1 aliphatic carbocycles. The quantitative estimate of drug-likeness (QED) is 0.758. The van der Waals surface area contributed by atoms with Gasteiger partial charge in [0, 0.05) is 6.04 Å². The van der Waals surface area contributed by atoms with Gasteiger partial charge in [-0.3, -0.25) is 0 Å². The number of hydrogen-bond donors (Lipinski definition) is 0. The Morgan fingerprint density at radius 1 is 1.11 bits per heavy atom. The maximum absolute atomic E-state index is 13.4. The lowest BCUT2D eigenvalue weighted by Gasteiger charge is -2.27. The van der Waals surface area contributed by atoms with Gasteiger partial charge in [-0.1, -0.05) is 6.07 Å². The summed E-state index contributed by atoms with van der Waals surface area (Å²) in [4.78, 5) is 0.235. The molecule has 2 aromatic rings. The fourth-order valence-electron chi connectivity index (χ4n) is 3.97. The van der Waals surface area contributed by atoms with Gasteiger partial charge in [-0.05, 0) is 67.5 Å². The SMILES string of the molecule is O=S1(=O)CC[C@H](N(Cc2ccco2)S(=O)(=O)c2ccc3c(c2)CCCC3)C1. The summed E-state index contributed by atoms with van der Waals surface area (Å²) in [5.74, 6) is 0.380. The summed E-state index contributed by atoms with van der Waals surface area (Å²) in [5, 5.41) is 0. The van der Waals surface area contributed by atoms with Crippen molar-refractivity contribution in [1.82, 2.24) is 4.31 Å². The first kappa shape index (κ1) is 18.7. The van der Waals surface area contributed by atoms with Crippen LogP contribution in [0.25, 0.3) is 0 Å². The molecule has 1 saturated heterocycles. The average molecular weight is 410 g/mol. The number of furan rings is 1. The van der Waals surface area contributed by atoms with Crippen LogP contribution in [-0.4, -0.2) is 38.7 Å². The molecule has 8 heteroatoms. The molecule has 146 valence electrons. The zero-order valence-corrected chi connectivity index (χ0v) is 16.6. The van der Waals surface area contributed by atoms with Crippen molar-refractivity contribution >= 4 is 19.9 Å². The molecule has 0 spiro atoms. The lowest BCUT2D eigenvalue weighted by Crippen LogP contribution is -2.40. The third-order valence-electron chi connectivity index (χ3n) is 5.43. The number of aryl methyl sites for hydroxylation is 2. The molecule has 0 unspecified atom stereocenters. The molecule has 0 bridgehead atoms. The molecule has 0 radical (unpaired) electrons. The molecule has 1 aliphatic heterocycles. The smallest absolute Gasteiger partial charge is 0.243 e. The lowest BCUT2D eigenvalue weighted by atomic mass is 9.92. The average Bonchev–Trinajstić information content (AvgIpc) is 3.28. The Labute approximate surface area is 160 Å². The van der Waals surface area contributed by atoms with Crippen molar-refractivity contribution in [3.8, 4) is 0 Å². The van der Waals surface area contributed by atoms with E-state index in [9.17, 15) is 16.8 Å². The normalized spacial score (nSPS) is 22.0. The van der Waals surface area contributed by atoms with Crippen molar-refractivity contribution in [2.24, 2.45) is 0 Å². The van der Waals surface area contributed by atoms with Crippen molar-refractivity contribution in [3.05, 3.63) is 53.5 Å². The maximum Gasteiger partial charge on any atom is 0.243 e. The Hall–Kier alpha value is -1.64. The van der Waals surface area contributed by atoms with Crippen LogP contribution in [0.1, 0.15) is 36.1 Å². The summed E-state index contributed by atoms with van der Waals surface area (Å²) >= 11 is 0. The van der Waals surface area contributed by atoms with Crippen LogP contribution in [0, 0.1) is 0 Å². The highest BCUT2D eigenvalue weighted by Crippen LogP contribution is 2.30. The second kappa shape index (κ2) is 7.07. The summed E-state index contributed by atoms with van der Waals surface area (Å²) < 4.78 is 57.4. The van der Waals surface area contributed by atoms with E-state index in [4.69, 9.17) is 4.42 Å². The van der Waals surface area contributed by atoms with E-state index in [0.717, 1.165) is 31.2 Å². The molecule has 1 fully saturated rings. The molecule has 1 aromatic carbocycles. The van der Waals surface area contributed by atoms with Crippen molar-refractivity contribution in [3.63, 3.8) is 0 Å². The van der Waals surface area contributed by atoms with Gasteiger partial charge < -0.3 is 4.42 Å². The van der Waals surface area contributed by atoms with E-state index in [1.165, 1.54) is 16.1 Å². The van der Waals surface area contributed by atoms with Crippen LogP contribution in [0.5, 0.6) is 0 Å². The van der Waals surface area contributed by atoms with Gasteiger partial charge in [0.05, 0.1) is 29.2 Å². The zero-order valence-electron chi connectivity index (χ0n) is 15.0. The van der Waals surface area contributed by atoms with Crippen LogP contribution in [0.3, 0.4) is 0 Å². The van der Waals surface area contributed by atoms with E-state index in [1.54, 1.807) is 24.3 Å². The standard InChI is InChI=1S/C19H23NO5S2/c21-26(22)11-9-17(14-26)20(13-18-6-3-10-25-18)27(23,24)19-8-7-15-4-1-2-5-16(15)12-19/h3,6-8,10,12,17H,1-2,4-5,9,11,13-14H2/t17-/m0/s1. The van der Waals surface area contributed by atoms with Crippen LogP contribution in [-0.2, 0) is 39.2 Å². The van der Waals surface area contributed by atoms with Crippen molar-refractivity contribution in [2.45, 2.75) is 49.6 Å². The van der Waals surface area contributed by atoms with Gasteiger partial charge in [-0.25, -0.2) is 16.8 Å². The van der Waals surface area contributed by atoms with Gasteiger partial charge in [-0.2, -0.15) is 4.31 Å². The monoisotopic (exact) mass is 409 g/mol. The van der Waals surface area contributed by atoms with Crippen LogP contribution in [0.4, 0.5) is 0 Å². The fourth-order valence-corrected chi connectivity index (χ4v) is 7.47. The molecule has 4 rings (SSSR count). The Bertz CT molecular complexity index is 1030. The van der Waals surface area contributed by atoms with Crippen molar-refractivity contribution in [2.75, 3.05) is 11.5 Å². The van der Waals surface area contributed by atoms with E-state index >= 15 is 0 Å². The first-order valence-electron chi connectivity index (χ1n) is 9.22. The number of sulfone groups is 1. The number of fused-ring (bicyclic) bond motifs is 1. The fraction of sp³-hybridized carbons (Fsp3) is 0.474. The van der Waals surface area contributed by atoms with E-state index < -0.39 is 25.9 Å². The minimum atomic E-state index is -3.84. The third-order valence-corrected chi connectivity index (χ3v) is 9.08. The number of nitrogens with zero attached hydrogens (tertiary/aromatic N) is 1. The van der Waals surface area contributed by atoms with Gasteiger partial charge in [-0.15, -0.1) is 0 Å². The zero-order chi connectivity index (χ0) is 19.1. The van der Waals surface area contributed by atoms with Crippen LogP contribution >= 0.6 is 0 Å². The topological polar surface area (TPSA) is 84.7 Å². The molecule has 6 nitrogen and oxygen atoms in total.